The topological polar surface area (TPSA) is 228 Å². The molecule has 2 rings (SSSR count). The van der Waals surface area contributed by atoms with Crippen molar-refractivity contribution in [1.29, 1.82) is 0 Å². The number of carbonyl (C=O) groups excluding carboxylic acids is 1. The van der Waals surface area contributed by atoms with E-state index in [-0.39, 0.29) is 12.5 Å². The van der Waals surface area contributed by atoms with Gasteiger partial charge in [-0.2, -0.15) is 0 Å². The molecule has 14 heteroatoms. The first-order chi connectivity index (χ1) is 39.1. The summed E-state index contributed by atoms with van der Waals surface area (Å²) in [6, 6.07) is -0.825. The van der Waals surface area contributed by atoms with Gasteiger partial charge in [0.25, 0.3) is 0 Å². The van der Waals surface area contributed by atoms with Crippen LogP contribution in [-0.4, -0.2) is 140 Å². The van der Waals surface area contributed by atoms with Crippen molar-refractivity contribution in [2.75, 3.05) is 19.8 Å². The van der Waals surface area contributed by atoms with E-state index in [4.69, 9.17) is 18.9 Å². The molecule has 2 aliphatic heterocycles. The van der Waals surface area contributed by atoms with Crippen molar-refractivity contribution < 1.29 is 64.6 Å². The van der Waals surface area contributed by atoms with Gasteiger partial charge in [-0.15, -0.1) is 0 Å². The summed E-state index contributed by atoms with van der Waals surface area (Å²) in [6.45, 7) is 2.87. The van der Waals surface area contributed by atoms with E-state index in [0.717, 1.165) is 57.8 Å². The second kappa shape index (κ2) is 51.9. The third-order valence-corrected chi connectivity index (χ3v) is 16.7. The van der Waals surface area contributed by atoms with Crippen LogP contribution in [0.5, 0.6) is 0 Å². The van der Waals surface area contributed by atoms with Crippen LogP contribution in [0, 0.1) is 0 Å². The predicted octanol–water partition coefficient (Wildman–Crippen LogP) is 12.8. The highest BCUT2D eigenvalue weighted by atomic mass is 16.7. The lowest BCUT2D eigenvalue weighted by molar-refractivity contribution is -0.359. The Labute approximate surface area is 488 Å². The first-order valence-electron chi connectivity index (χ1n) is 33.6. The number of ether oxygens (including phenoxy) is 4. The van der Waals surface area contributed by atoms with Gasteiger partial charge in [0, 0.05) is 6.42 Å². The Morgan fingerprint density at radius 3 is 1.25 bits per heavy atom. The number of carbonyl (C=O) groups is 1. The molecule has 472 valence electrons. The van der Waals surface area contributed by atoms with Crippen molar-refractivity contribution in [3.8, 4) is 0 Å². The molecule has 0 bridgehead atoms. The van der Waals surface area contributed by atoms with Gasteiger partial charge in [0.2, 0.25) is 5.91 Å². The van der Waals surface area contributed by atoms with Gasteiger partial charge >= 0.3 is 0 Å². The number of aliphatic hydroxyl groups is 8. The summed E-state index contributed by atoms with van der Waals surface area (Å²) in [6.07, 6.45) is 46.3. The van der Waals surface area contributed by atoms with Crippen LogP contribution in [0.1, 0.15) is 296 Å². The number of allylic oxidation sites excluding steroid dienone is 4. The quantitative estimate of drug-likeness (QED) is 0.0204. The van der Waals surface area contributed by atoms with Gasteiger partial charge < -0.3 is 65.1 Å². The molecule has 80 heavy (non-hydrogen) atoms. The monoisotopic (exact) mass is 1140 g/mol. The van der Waals surface area contributed by atoms with Crippen LogP contribution < -0.4 is 5.32 Å². The Balaban J connectivity index is 1.60. The molecule has 0 radical (unpaired) electrons. The summed E-state index contributed by atoms with van der Waals surface area (Å²) in [5, 5.41) is 87.3. The molecule has 2 saturated heterocycles. The summed E-state index contributed by atoms with van der Waals surface area (Å²) in [5.41, 5.74) is 0. The summed E-state index contributed by atoms with van der Waals surface area (Å²) >= 11 is 0. The molecular formula is C66H125NO13. The SMILES string of the molecule is CCCCCCC/C=C\C/C=C\CCCCCCCCCCCCCCCCCCCCCCCC(=O)NC(COC1OC(CO)C(OC2OC(CO)C(O)C(O)C2O)C(O)C1O)C(O)CCCCCCCCCCCCCCC. The zero-order valence-electron chi connectivity index (χ0n) is 51.1. The third-order valence-electron chi connectivity index (χ3n) is 16.7. The largest absolute Gasteiger partial charge is 0.394 e. The van der Waals surface area contributed by atoms with Crippen LogP contribution in [0.15, 0.2) is 24.3 Å². The van der Waals surface area contributed by atoms with Crippen LogP contribution in [0.4, 0.5) is 0 Å². The normalized spacial score (nSPS) is 24.3. The number of amides is 1. The fourth-order valence-electron chi connectivity index (χ4n) is 11.3. The van der Waals surface area contributed by atoms with E-state index in [2.05, 4.69) is 43.5 Å². The van der Waals surface area contributed by atoms with E-state index in [1.807, 2.05) is 0 Å². The van der Waals surface area contributed by atoms with Gasteiger partial charge in [-0.3, -0.25) is 4.79 Å². The molecule has 0 aromatic rings. The molecule has 0 spiro atoms. The maximum absolute atomic E-state index is 13.3. The molecule has 2 heterocycles. The molecule has 0 aromatic heterocycles. The number of unbranched alkanes of at least 4 members (excludes halogenated alkanes) is 38. The molecule has 14 nitrogen and oxygen atoms in total. The molecule has 1 amide bonds. The van der Waals surface area contributed by atoms with Gasteiger partial charge in [-0.25, -0.2) is 0 Å². The Hall–Kier alpha value is -1.53. The highest BCUT2D eigenvalue weighted by Crippen LogP contribution is 2.30. The molecule has 12 unspecified atom stereocenters. The molecule has 2 aliphatic rings. The van der Waals surface area contributed by atoms with Gasteiger partial charge in [0.15, 0.2) is 12.6 Å². The first kappa shape index (κ1) is 74.6. The van der Waals surface area contributed by atoms with E-state index in [9.17, 15) is 45.6 Å². The number of rotatable bonds is 55. The summed E-state index contributed by atoms with van der Waals surface area (Å²) in [7, 11) is 0. The highest BCUT2D eigenvalue weighted by Gasteiger charge is 2.51. The van der Waals surface area contributed by atoms with Crippen LogP contribution in [-0.2, 0) is 23.7 Å². The van der Waals surface area contributed by atoms with Gasteiger partial charge in [0.1, 0.15) is 48.8 Å². The maximum atomic E-state index is 13.3. The molecule has 0 aliphatic carbocycles. The van der Waals surface area contributed by atoms with Gasteiger partial charge in [-0.1, -0.05) is 269 Å². The summed E-state index contributed by atoms with van der Waals surface area (Å²) < 4.78 is 22.9. The predicted molar refractivity (Wildman–Crippen MR) is 323 cm³/mol. The third kappa shape index (κ3) is 36.3. The Morgan fingerprint density at radius 2 is 0.825 bits per heavy atom. The average Bonchev–Trinajstić information content (AvgIpc) is 3.49. The molecular weight excluding hydrogens is 1010 g/mol. The van der Waals surface area contributed by atoms with E-state index in [1.165, 1.54) is 212 Å². The van der Waals surface area contributed by atoms with Gasteiger partial charge in [-0.05, 0) is 44.9 Å². The minimum absolute atomic E-state index is 0.202. The van der Waals surface area contributed by atoms with Crippen LogP contribution in [0.2, 0.25) is 0 Å². The molecule has 9 N–H and O–H groups in total. The summed E-state index contributed by atoms with van der Waals surface area (Å²) in [5.74, 6) is -0.202. The Kier molecular flexibility index (Phi) is 48.3. The van der Waals surface area contributed by atoms with Crippen molar-refractivity contribution in [2.45, 2.75) is 370 Å². The zero-order valence-corrected chi connectivity index (χ0v) is 51.1. The van der Waals surface area contributed by atoms with Crippen molar-refractivity contribution >= 4 is 5.91 Å². The fourth-order valence-corrected chi connectivity index (χ4v) is 11.3. The van der Waals surface area contributed by atoms with Crippen LogP contribution >= 0.6 is 0 Å². The smallest absolute Gasteiger partial charge is 0.220 e. The lowest BCUT2D eigenvalue weighted by atomic mass is 9.97. The standard InChI is InChI=1S/C66H125NO13/c1-3-5-7-9-11-13-15-17-18-19-20-21-22-23-24-25-26-27-28-29-30-31-32-33-34-35-36-38-40-42-44-46-48-50-58(71)67-54(55(70)49-47-45-43-41-39-37-16-14-12-10-8-6-4-2)53-77-65-63(76)61(74)64(57(52-69)79-65)80-66-62(75)60(73)59(72)56(51-68)78-66/h15,17,19-20,54-57,59-66,68-70,72-76H,3-14,16,18,21-53H2,1-2H3,(H,67,71)/b17-15-,20-19-. The molecule has 12 atom stereocenters. The van der Waals surface area contributed by atoms with E-state index >= 15 is 0 Å². The number of aliphatic hydroxyl groups excluding tert-OH is 8. The minimum Gasteiger partial charge on any atom is -0.394 e. The zero-order chi connectivity index (χ0) is 58.1. The van der Waals surface area contributed by atoms with Gasteiger partial charge in [0.05, 0.1) is 32.0 Å². The van der Waals surface area contributed by atoms with E-state index in [0.29, 0.717) is 12.8 Å². The first-order valence-corrected chi connectivity index (χ1v) is 33.6. The fraction of sp³-hybridized carbons (Fsp3) is 0.924. The lowest BCUT2D eigenvalue weighted by Gasteiger charge is -2.46. The van der Waals surface area contributed by atoms with Crippen LogP contribution in [0.3, 0.4) is 0 Å². The number of hydrogen-bond donors (Lipinski definition) is 9. The second-order valence-corrected chi connectivity index (χ2v) is 24.0. The lowest BCUT2D eigenvalue weighted by Crippen LogP contribution is -2.65. The minimum atomic E-state index is -1.78. The second-order valence-electron chi connectivity index (χ2n) is 24.0. The number of hydrogen-bond acceptors (Lipinski definition) is 13. The molecule has 0 aromatic carbocycles. The van der Waals surface area contributed by atoms with Crippen molar-refractivity contribution in [2.24, 2.45) is 0 Å². The van der Waals surface area contributed by atoms with E-state index in [1.54, 1.807) is 0 Å². The number of nitrogens with one attached hydrogen (secondary N) is 1. The molecule has 0 saturated carbocycles. The van der Waals surface area contributed by atoms with Crippen molar-refractivity contribution in [1.82, 2.24) is 5.32 Å². The van der Waals surface area contributed by atoms with Crippen LogP contribution in [0.25, 0.3) is 0 Å². The Bertz CT molecular complexity index is 1440. The van der Waals surface area contributed by atoms with Crippen molar-refractivity contribution in [3.63, 3.8) is 0 Å². The Morgan fingerprint density at radius 1 is 0.450 bits per heavy atom. The molecule has 2 fully saturated rings. The van der Waals surface area contributed by atoms with Crippen molar-refractivity contribution in [3.05, 3.63) is 24.3 Å². The summed E-state index contributed by atoms with van der Waals surface area (Å²) in [4.78, 5) is 13.3. The average molecular weight is 1140 g/mol. The highest BCUT2D eigenvalue weighted by molar-refractivity contribution is 5.76. The van der Waals surface area contributed by atoms with E-state index < -0.39 is 86.8 Å². The maximum Gasteiger partial charge on any atom is 0.220 e.